The van der Waals surface area contributed by atoms with Gasteiger partial charge in [-0.15, -0.1) is 0 Å². The van der Waals surface area contributed by atoms with E-state index in [9.17, 15) is 9.59 Å². The summed E-state index contributed by atoms with van der Waals surface area (Å²) in [6.07, 6.45) is 1.47. The fourth-order valence-corrected chi connectivity index (χ4v) is 2.26. The van der Waals surface area contributed by atoms with Crippen LogP contribution in [0, 0.1) is 5.92 Å². The third kappa shape index (κ3) is 3.81. The Labute approximate surface area is 118 Å². The molecule has 1 aromatic carbocycles. The van der Waals surface area contributed by atoms with Crippen LogP contribution in [0.3, 0.4) is 0 Å². The monoisotopic (exact) mass is 277 g/mol. The summed E-state index contributed by atoms with van der Waals surface area (Å²) in [4.78, 5) is 24.5. The summed E-state index contributed by atoms with van der Waals surface area (Å²) in [5.41, 5.74) is 1.18. The first-order valence-electron chi connectivity index (χ1n) is 6.70. The number of amides is 1. The Morgan fingerprint density at radius 3 is 2.60 bits per heavy atom. The molecular weight excluding hydrogens is 258 g/mol. The van der Waals surface area contributed by atoms with E-state index in [0.717, 1.165) is 18.6 Å². The number of carboxylic acids is 1. The summed E-state index contributed by atoms with van der Waals surface area (Å²) >= 11 is 0. The maximum Gasteiger partial charge on any atom is 0.335 e. The summed E-state index contributed by atoms with van der Waals surface area (Å²) in [6.45, 7) is 1.91. The van der Waals surface area contributed by atoms with Crippen LogP contribution in [-0.2, 0) is 16.1 Å². The number of nitrogens with zero attached hydrogens (tertiary/aromatic N) is 1. The number of carbonyl (C=O) groups excluding carboxylic acids is 1. The first kappa shape index (κ1) is 14.5. The van der Waals surface area contributed by atoms with Crippen LogP contribution in [0.25, 0.3) is 0 Å². The zero-order valence-corrected chi connectivity index (χ0v) is 11.5. The van der Waals surface area contributed by atoms with Crippen molar-refractivity contribution in [3.05, 3.63) is 35.4 Å². The van der Waals surface area contributed by atoms with E-state index in [1.807, 2.05) is 0 Å². The van der Waals surface area contributed by atoms with Crippen LogP contribution in [-0.4, -0.2) is 42.1 Å². The molecule has 1 N–H and O–H groups in total. The van der Waals surface area contributed by atoms with Gasteiger partial charge in [0, 0.05) is 33.2 Å². The third-order valence-corrected chi connectivity index (χ3v) is 3.53. The van der Waals surface area contributed by atoms with Crippen LogP contribution < -0.4 is 0 Å². The molecule has 0 bridgehead atoms. The molecule has 1 heterocycles. The maximum atomic E-state index is 12.1. The Hall–Kier alpha value is -1.88. The van der Waals surface area contributed by atoms with Gasteiger partial charge in [0.2, 0.25) is 5.91 Å². The van der Waals surface area contributed by atoms with Crippen molar-refractivity contribution in [1.82, 2.24) is 4.90 Å². The summed E-state index contributed by atoms with van der Waals surface area (Å²) in [5.74, 6) is -0.510. The predicted molar refractivity (Wildman–Crippen MR) is 73.4 cm³/mol. The second-order valence-corrected chi connectivity index (χ2v) is 5.19. The minimum atomic E-state index is -0.942. The highest BCUT2D eigenvalue weighted by atomic mass is 16.5. The summed E-state index contributed by atoms with van der Waals surface area (Å²) < 4.78 is 5.27. The van der Waals surface area contributed by atoms with Crippen molar-refractivity contribution in [3.63, 3.8) is 0 Å². The standard InChI is InChI=1S/C15H19NO4/c1-16(14(17)8-12-6-7-20-10-12)9-11-2-4-13(5-3-11)15(18)19/h2-5,12H,6-10H2,1H3,(H,18,19)/t12-/m0/s1. The van der Waals surface area contributed by atoms with Gasteiger partial charge in [0.15, 0.2) is 0 Å². The molecule has 1 aromatic rings. The molecule has 2 rings (SSSR count). The second-order valence-electron chi connectivity index (χ2n) is 5.19. The van der Waals surface area contributed by atoms with Crippen molar-refractivity contribution in [2.75, 3.05) is 20.3 Å². The SMILES string of the molecule is CN(Cc1ccc(C(=O)O)cc1)C(=O)C[C@@H]1CCOC1. The van der Waals surface area contributed by atoms with E-state index < -0.39 is 5.97 Å². The molecule has 5 heteroatoms. The lowest BCUT2D eigenvalue weighted by Crippen LogP contribution is -2.28. The molecule has 0 unspecified atom stereocenters. The number of hydrogen-bond donors (Lipinski definition) is 1. The Balaban J connectivity index is 1.87. The Morgan fingerprint density at radius 2 is 2.05 bits per heavy atom. The van der Waals surface area contributed by atoms with Crippen LogP contribution in [0.2, 0.25) is 0 Å². The highest BCUT2D eigenvalue weighted by Gasteiger charge is 2.21. The molecule has 0 spiro atoms. The van der Waals surface area contributed by atoms with Gasteiger partial charge in [0.05, 0.1) is 5.56 Å². The van der Waals surface area contributed by atoms with Gasteiger partial charge in [-0.1, -0.05) is 12.1 Å². The molecule has 0 aromatic heterocycles. The van der Waals surface area contributed by atoms with Crippen molar-refractivity contribution in [2.45, 2.75) is 19.4 Å². The van der Waals surface area contributed by atoms with E-state index in [4.69, 9.17) is 9.84 Å². The first-order chi connectivity index (χ1) is 9.56. The molecular formula is C15H19NO4. The molecule has 1 saturated heterocycles. The van der Waals surface area contributed by atoms with Crippen LogP contribution >= 0.6 is 0 Å². The van der Waals surface area contributed by atoms with E-state index in [1.54, 1.807) is 36.2 Å². The van der Waals surface area contributed by atoms with E-state index in [1.165, 1.54) is 0 Å². The number of carboxylic acid groups (broad SMARTS) is 1. The Bertz CT molecular complexity index is 477. The number of benzene rings is 1. The minimum Gasteiger partial charge on any atom is -0.478 e. The Morgan fingerprint density at radius 1 is 1.35 bits per heavy atom. The average Bonchev–Trinajstić information content (AvgIpc) is 2.92. The second kappa shape index (κ2) is 6.52. The molecule has 0 aliphatic carbocycles. The van der Waals surface area contributed by atoms with Gasteiger partial charge in [0.25, 0.3) is 0 Å². The molecule has 0 radical (unpaired) electrons. The molecule has 108 valence electrons. The molecule has 1 aliphatic rings. The van der Waals surface area contributed by atoms with Gasteiger partial charge >= 0.3 is 5.97 Å². The van der Waals surface area contributed by atoms with Crippen molar-refractivity contribution in [3.8, 4) is 0 Å². The summed E-state index contributed by atoms with van der Waals surface area (Å²) in [5, 5.41) is 8.83. The average molecular weight is 277 g/mol. The minimum absolute atomic E-state index is 0.0998. The molecule has 1 aliphatic heterocycles. The highest BCUT2D eigenvalue weighted by Crippen LogP contribution is 2.18. The lowest BCUT2D eigenvalue weighted by molar-refractivity contribution is -0.131. The van der Waals surface area contributed by atoms with E-state index in [0.29, 0.717) is 25.5 Å². The molecule has 1 fully saturated rings. The van der Waals surface area contributed by atoms with Gasteiger partial charge in [-0.05, 0) is 30.0 Å². The first-order valence-corrected chi connectivity index (χ1v) is 6.70. The van der Waals surface area contributed by atoms with Crippen molar-refractivity contribution in [2.24, 2.45) is 5.92 Å². The summed E-state index contributed by atoms with van der Waals surface area (Å²) in [6, 6.07) is 6.60. The van der Waals surface area contributed by atoms with E-state index in [-0.39, 0.29) is 11.5 Å². The van der Waals surface area contributed by atoms with Gasteiger partial charge < -0.3 is 14.7 Å². The topological polar surface area (TPSA) is 66.8 Å². The molecule has 0 saturated carbocycles. The van der Waals surface area contributed by atoms with E-state index in [2.05, 4.69) is 0 Å². The van der Waals surface area contributed by atoms with Crippen LogP contribution in [0.1, 0.15) is 28.8 Å². The molecule has 1 atom stereocenters. The molecule has 5 nitrogen and oxygen atoms in total. The predicted octanol–water partition coefficient (Wildman–Crippen LogP) is 1.77. The fourth-order valence-electron chi connectivity index (χ4n) is 2.26. The van der Waals surface area contributed by atoms with Crippen LogP contribution in [0.15, 0.2) is 24.3 Å². The lowest BCUT2D eigenvalue weighted by atomic mass is 10.0. The van der Waals surface area contributed by atoms with Crippen LogP contribution in [0.5, 0.6) is 0 Å². The van der Waals surface area contributed by atoms with Crippen molar-refractivity contribution >= 4 is 11.9 Å². The smallest absolute Gasteiger partial charge is 0.335 e. The third-order valence-electron chi connectivity index (χ3n) is 3.53. The van der Waals surface area contributed by atoms with Gasteiger partial charge in [-0.2, -0.15) is 0 Å². The molecule has 20 heavy (non-hydrogen) atoms. The zero-order valence-electron chi connectivity index (χ0n) is 11.5. The van der Waals surface area contributed by atoms with E-state index >= 15 is 0 Å². The highest BCUT2D eigenvalue weighted by molar-refractivity contribution is 5.87. The van der Waals surface area contributed by atoms with Gasteiger partial charge in [-0.25, -0.2) is 4.79 Å². The number of rotatable bonds is 5. The number of ether oxygens (including phenoxy) is 1. The largest absolute Gasteiger partial charge is 0.478 e. The summed E-state index contributed by atoms with van der Waals surface area (Å²) in [7, 11) is 1.77. The van der Waals surface area contributed by atoms with Crippen molar-refractivity contribution in [1.29, 1.82) is 0 Å². The van der Waals surface area contributed by atoms with Gasteiger partial charge in [0.1, 0.15) is 0 Å². The number of carbonyl (C=O) groups is 2. The fraction of sp³-hybridized carbons (Fsp3) is 0.467. The molecule has 1 amide bonds. The quantitative estimate of drug-likeness (QED) is 0.890. The normalized spacial score (nSPS) is 17.9. The number of hydrogen-bond acceptors (Lipinski definition) is 3. The Kier molecular flexibility index (Phi) is 4.74. The van der Waals surface area contributed by atoms with Gasteiger partial charge in [-0.3, -0.25) is 4.79 Å². The van der Waals surface area contributed by atoms with Crippen molar-refractivity contribution < 1.29 is 19.4 Å². The maximum absolute atomic E-state index is 12.1. The lowest BCUT2D eigenvalue weighted by Gasteiger charge is -2.19. The zero-order chi connectivity index (χ0) is 14.5. The number of aromatic carboxylic acids is 1. The van der Waals surface area contributed by atoms with Crippen LogP contribution in [0.4, 0.5) is 0 Å².